The van der Waals surface area contributed by atoms with Gasteiger partial charge >= 0.3 is 12.0 Å². The highest BCUT2D eigenvalue weighted by molar-refractivity contribution is 6.39. The number of nitrogens with one attached hydrogen (secondary N) is 1. The molecule has 0 aliphatic carbocycles. The highest BCUT2D eigenvalue weighted by Crippen LogP contribution is 2.28. The molecule has 1 N–H and O–H groups in total. The average molecular weight is 514 g/mol. The van der Waals surface area contributed by atoms with Gasteiger partial charge in [0.1, 0.15) is 5.57 Å². The van der Waals surface area contributed by atoms with Crippen molar-refractivity contribution in [2.75, 3.05) is 12.0 Å². The van der Waals surface area contributed by atoms with Gasteiger partial charge in [0, 0.05) is 34.2 Å². The second-order valence-corrected chi connectivity index (χ2v) is 8.80. The Hall–Kier alpha value is -4.69. The molecule has 0 bridgehead atoms. The van der Waals surface area contributed by atoms with E-state index >= 15 is 0 Å². The molecule has 1 saturated heterocycles. The van der Waals surface area contributed by atoms with Crippen LogP contribution in [0, 0.1) is 0 Å². The van der Waals surface area contributed by atoms with Crippen LogP contribution in [-0.2, 0) is 20.9 Å². The lowest BCUT2D eigenvalue weighted by Gasteiger charge is -2.26. The third-order valence-electron chi connectivity index (χ3n) is 5.99. The average Bonchev–Trinajstić information content (AvgIpc) is 3.23. The van der Waals surface area contributed by atoms with Crippen molar-refractivity contribution < 1.29 is 23.9 Å². The first kappa shape index (κ1) is 24.0. The molecule has 0 saturated carbocycles. The van der Waals surface area contributed by atoms with Crippen LogP contribution in [0.4, 0.5) is 10.5 Å². The van der Waals surface area contributed by atoms with Gasteiger partial charge in [0.2, 0.25) is 0 Å². The topological polar surface area (TPSA) is 97.7 Å². The number of barbiturate groups is 1. The van der Waals surface area contributed by atoms with Gasteiger partial charge in [-0.05, 0) is 48.0 Å². The maximum Gasteiger partial charge on any atom is 0.337 e. The molecule has 0 unspecified atom stereocenters. The standard InChI is InChI=1S/C28H20ClN3O5/c1-37-27(35)18-7-4-6-17(12-18)15-31-16-19(22-10-2-3-11-24(22)31)13-23-25(33)30-28(36)32(26(23)34)21-9-5-8-20(29)14-21/h2-14,16H,15H2,1H3,(H,30,33,36)/b23-13+. The lowest BCUT2D eigenvalue weighted by molar-refractivity contribution is -0.122. The van der Waals surface area contributed by atoms with Crippen molar-refractivity contribution in [2.45, 2.75) is 6.54 Å². The number of benzene rings is 3. The first-order chi connectivity index (χ1) is 17.9. The van der Waals surface area contributed by atoms with E-state index < -0.39 is 23.8 Å². The number of halogens is 1. The fraction of sp³-hybridized carbons (Fsp3) is 0.0714. The number of methoxy groups -OCH3 is 1. The first-order valence-electron chi connectivity index (χ1n) is 11.3. The molecule has 1 aromatic heterocycles. The number of imide groups is 2. The number of para-hydroxylation sites is 1. The van der Waals surface area contributed by atoms with Crippen LogP contribution in [0.5, 0.6) is 0 Å². The van der Waals surface area contributed by atoms with E-state index in [1.165, 1.54) is 19.3 Å². The molecule has 2 heterocycles. The van der Waals surface area contributed by atoms with Crippen molar-refractivity contribution in [3.63, 3.8) is 0 Å². The Bertz CT molecular complexity index is 1620. The van der Waals surface area contributed by atoms with E-state index in [9.17, 15) is 19.2 Å². The minimum Gasteiger partial charge on any atom is -0.465 e. The van der Waals surface area contributed by atoms with E-state index in [0.29, 0.717) is 22.7 Å². The van der Waals surface area contributed by atoms with Crippen molar-refractivity contribution in [2.24, 2.45) is 0 Å². The number of carbonyl (C=O) groups is 4. The van der Waals surface area contributed by atoms with Crippen LogP contribution in [0.2, 0.25) is 5.02 Å². The zero-order valence-electron chi connectivity index (χ0n) is 19.6. The van der Waals surface area contributed by atoms with E-state index in [1.54, 1.807) is 36.4 Å². The molecule has 0 atom stereocenters. The Morgan fingerprint density at radius 3 is 2.57 bits per heavy atom. The summed E-state index contributed by atoms with van der Waals surface area (Å²) < 4.78 is 6.78. The first-order valence-corrected chi connectivity index (χ1v) is 11.7. The summed E-state index contributed by atoms with van der Waals surface area (Å²) in [6.45, 7) is 0.432. The monoisotopic (exact) mass is 513 g/mol. The maximum absolute atomic E-state index is 13.3. The minimum absolute atomic E-state index is 0.185. The van der Waals surface area contributed by atoms with Gasteiger partial charge in [-0.2, -0.15) is 0 Å². The lowest BCUT2D eigenvalue weighted by Crippen LogP contribution is -2.54. The van der Waals surface area contributed by atoms with Crippen molar-refractivity contribution in [3.05, 3.63) is 106 Å². The van der Waals surface area contributed by atoms with E-state index in [-0.39, 0.29) is 11.3 Å². The number of hydrogen-bond acceptors (Lipinski definition) is 5. The van der Waals surface area contributed by atoms with Crippen LogP contribution in [0.25, 0.3) is 17.0 Å². The molecule has 0 spiro atoms. The largest absolute Gasteiger partial charge is 0.465 e. The Balaban J connectivity index is 1.55. The Kier molecular flexibility index (Phi) is 6.33. The SMILES string of the molecule is COC(=O)c1cccc(Cn2cc(/C=C3\C(=O)NC(=O)N(c4cccc(Cl)c4)C3=O)c3ccccc32)c1. The zero-order chi connectivity index (χ0) is 26.1. The summed E-state index contributed by atoms with van der Waals surface area (Å²) in [5.41, 5.74) is 2.86. The number of ether oxygens (including phenoxy) is 1. The molecular formula is C28H20ClN3O5. The number of nitrogens with zero attached hydrogens (tertiary/aromatic N) is 2. The van der Waals surface area contributed by atoms with Crippen LogP contribution in [0.15, 0.2) is 84.6 Å². The number of urea groups is 1. The molecule has 0 radical (unpaired) electrons. The molecule has 1 aliphatic heterocycles. The summed E-state index contributed by atoms with van der Waals surface area (Å²) in [5.74, 6) is -1.96. The quantitative estimate of drug-likeness (QED) is 0.235. The van der Waals surface area contributed by atoms with Gasteiger partial charge in [-0.1, -0.05) is 48.0 Å². The second kappa shape index (κ2) is 9.75. The number of esters is 1. The molecule has 1 aliphatic rings. The molecule has 3 aromatic carbocycles. The Morgan fingerprint density at radius 2 is 1.78 bits per heavy atom. The van der Waals surface area contributed by atoms with Crippen molar-refractivity contribution >= 4 is 58.1 Å². The Labute approximate surface area is 216 Å². The van der Waals surface area contributed by atoms with E-state index in [4.69, 9.17) is 16.3 Å². The number of carbonyl (C=O) groups excluding carboxylic acids is 4. The molecule has 9 heteroatoms. The summed E-state index contributed by atoms with van der Waals surface area (Å²) >= 11 is 6.04. The van der Waals surface area contributed by atoms with Gasteiger partial charge in [0.05, 0.1) is 18.4 Å². The maximum atomic E-state index is 13.3. The fourth-order valence-corrected chi connectivity index (χ4v) is 4.48. The number of fused-ring (bicyclic) bond motifs is 1. The Morgan fingerprint density at radius 1 is 1.00 bits per heavy atom. The number of anilines is 1. The molecule has 37 heavy (non-hydrogen) atoms. The number of rotatable bonds is 5. The molecule has 5 rings (SSSR count). The zero-order valence-corrected chi connectivity index (χ0v) is 20.4. The summed E-state index contributed by atoms with van der Waals surface area (Å²) in [6, 6.07) is 20.1. The predicted molar refractivity (Wildman–Crippen MR) is 139 cm³/mol. The molecular weight excluding hydrogens is 494 g/mol. The van der Waals surface area contributed by atoms with Crippen LogP contribution >= 0.6 is 11.6 Å². The highest BCUT2D eigenvalue weighted by atomic mass is 35.5. The molecule has 4 aromatic rings. The normalized spacial score (nSPS) is 14.8. The molecule has 8 nitrogen and oxygen atoms in total. The number of hydrogen-bond donors (Lipinski definition) is 1. The van der Waals surface area contributed by atoms with Crippen molar-refractivity contribution in [3.8, 4) is 0 Å². The molecule has 184 valence electrons. The van der Waals surface area contributed by atoms with Crippen LogP contribution < -0.4 is 10.2 Å². The van der Waals surface area contributed by atoms with Gasteiger partial charge in [-0.3, -0.25) is 14.9 Å². The molecule has 1 fully saturated rings. The van der Waals surface area contributed by atoms with Gasteiger partial charge in [0.15, 0.2) is 0 Å². The highest BCUT2D eigenvalue weighted by Gasteiger charge is 2.37. The summed E-state index contributed by atoms with van der Waals surface area (Å²) in [5, 5.41) is 3.39. The van der Waals surface area contributed by atoms with Gasteiger partial charge in [0.25, 0.3) is 11.8 Å². The van der Waals surface area contributed by atoms with E-state index in [0.717, 1.165) is 21.4 Å². The fourth-order valence-electron chi connectivity index (χ4n) is 4.29. The third kappa shape index (κ3) is 4.62. The van der Waals surface area contributed by atoms with E-state index in [1.807, 2.05) is 41.1 Å². The van der Waals surface area contributed by atoms with E-state index in [2.05, 4.69) is 5.32 Å². The third-order valence-corrected chi connectivity index (χ3v) is 6.22. The number of aromatic nitrogens is 1. The van der Waals surface area contributed by atoms with Crippen molar-refractivity contribution in [1.82, 2.24) is 9.88 Å². The van der Waals surface area contributed by atoms with Crippen LogP contribution in [0.1, 0.15) is 21.5 Å². The molecule has 4 amide bonds. The summed E-state index contributed by atoms with van der Waals surface area (Å²) in [6.07, 6.45) is 3.30. The smallest absolute Gasteiger partial charge is 0.337 e. The predicted octanol–water partition coefficient (Wildman–Crippen LogP) is 4.80. The van der Waals surface area contributed by atoms with Gasteiger partial charge < -0.3 is 9.30 Å². The van der Waals surface area contributed by atoms with Gasteiger partial charge in [-0.15, -0.1) is 0 Å². The second-order valence-electron chi connectivity index (χ2n) is 8.36. The van der Waals surface area contributed by atoms with Crippen molar-refractivity contribution in [1.29, 1.82) is 0 Å². The number of amides is 4. The van der Waals surface area contributed by atoms with Gasteiger partial charge in [-0.25, -0.2) is 14.5 Å². The van der Waals surface area contributed by atoms with Crippen LogP contribution in [-0.4, -0.2) is 35.5 Å². The lowest BCUT2D eigenvalue weighted by atomic mass is 10.1. The minimum atomic E-state index is -0.845. The summed E-state index contributed by atoms with van der Waals surface area (Å²) in [4.78, 5) is 51.4. The summed E-state index contributed by atoms with van der Waals surface area (Å²) in [7, 11) is 1.33. The van der Waals surface area contributed by atoms with Crippen LogP contribution in [0.3, 0.4) is 0 Å².